The number of oxazole rings is 1. The molecule has 0 atom stereocenters. The van der Waals surface area contributed by atoms with Crippen LogP contribution in [0.25, 0.3) is 11.1 Å². The van der Waals surface area contributed by atoms with Crippen molar-refractivity contribution in [3.63, 3.8) is 0 Å². The van der Waals surface area contributed by atoms with Crippen LogP contribution in [0, 0.1) is 0 Å². The zero-order valence-corrected chi connectivity index (χ0v) is 14.9. The Bertz CT molecular complexity index is 1100. The van der Waals surface area contributed by atoms with E-state index in [0.717, 1.165) is 5.82 Å². The molecule has 0 unspecified atom stereocenters. The van der Waals surface area contributed by atoms with Crippen LogP contribution in [0.15, 0.2) is 50.9 Å². The summed E-state index contributed by atoms with van der Waals surface area (Å²) in [7, 11) is -2.11. The summed E-state index contributed by atoms with van der Waals surface area (Å²) in [4.78, 5) is 22.0. The van der Waals surface area contributed by atoms with Gasteiger partial charge in [0.15, 0.2) is 5.58 Å². The lowest BCUT2D eigenvalue weighted by atomic mass is 10.3. The van der Waals surface area contributed by atoms with Crippen LogP contribution in [0.5, 0.6) is 0 Å². The monoisotopic (exact) mass is 375 g/mol. The number of aromatic nitrogens is 3. The van der Waals surface area contributed by atoms with Gasteiger partial charge >= 0.3 is 5.76 Å². The molecule has 0 amide bonds. The van der Waals surface area contributed by atoms with Gasteiger partial charge in [-0.05, 0) is 18.2 Å². The Hall–Kier alpha value is -2.72. The fourth-order valence-corrected chi connectivity index (χ4v) is 4.47. The van der Waals surface area contributed by atoms with E-state index < -0.39 is 15.8 Å². The smallest absolute Gasteiger partial charge is 0.408 e. The standard InChI is InChI=1S/C16H17N5O4S/c1-19-13-10-12(2-3-14(13)25-16(19)22)26(23,24)21-8-6-20(7-9-21)15-11-17-4-5-18-15/h2-5,10-11H,6-9H2,1H3. The molecule has 1 aliphatic rings. The van der Waals surface area contributed by atoms with Gasteiger partial charge < -0.3 is 9.32 Å². The van der Waals surface area contributed by atoms with Gasteiger partial charge in [-0.15, -0.1) is 0 Å². The summed E-state index contributed by atoms with van der Waals surface area (Å²) in [5, 5.41) is 0. The molecule has 2 aromatic heterocycles. The molecule has 1 aliphatic heterocycles. The normalized spacial score (nSPS) is 16.3. The van der Waals surface area contributed by atoms with Crippen LogP contribution in [0.1, 0.15) is 0 Å². The number of aryl methyl sites for hydroxylation is 1. The molecule has 0 bridgehead atoms. The van der Waals surface area contributed by atoms with E-state index >= 15 is 0 Å². The van der Waals surface area contributed by atoms with Gasteiger partial charge in [0.2, 0.25) is 10.0 Å². The molecule has 10 heteroatoms. The zero-order valence-electron chi connectivity index (χ0n) is 14.1. The second-order valence-corrected chi connectivity index (χ2v) is 7.95. The maximum absolute atomic E-state index is 13.0. The van der Waals surface area contributed by atoms with Crippen molar-refractivity contribution < 1.29 is 12.8 Å². The van der Waals surface area contributed by atoms with Crippen molar-refractivity contribution in [1.82, 2.24) is 18.8 Å². The average molecular weight is 375 g/mol. The van der Waals surface area contributed by atoms with Crippen molar-refractivity contribution in [2.45, 2.75) is 4.90 Å². The third-order valence-corrected chi connectivity index (χ3v) is 6.41. The lowest BCUT2D eigenvalue weighted by Gasteiger charge is -2.34. The van der Waals surface area contributed by atoms with Gasteiger partial charge in [-0.3, -0.25) is 9.55 Å². The molecule has 1 aromatic carbocycles. The summed E-state index contributed by atoms with van der Waals surface area (Å²) in [6.07, 6.45) is 4.88. The number of fused-ring (bicyclic) bond motifs is 1. The molecule has 3 aromatic rings. The first-order valence-electron chi connectivity index (χ1n) is 8.07. The Labute approximate surface area is 149 Å². The fourth-order valence-electron chi connectivity index (χ4n) is 3.03. The number of benzene rings is 1. The van der Waals surface area contributed by atoms with E-state index in [1.165, 1.54) is 27.1 Å². The number of nitrogens with zero attached hydrogens (tertiary/aromatic N) is 5. The molecule has 0 spiro atoms. The molecular weight excluding hydrogens is 358 g/mol. The summed E-state index contributed by atoms with van der Waals surface area (Å²) in [6.45, 7) is 1.76. The Kier molecular flexibility index (Phi) is 4.00. The number of hydrogen-bond acceptors (Lipinski definition) is 7. The predicted octanol–water partition coefficient (Wildman–Crippen LogP) is 0.432. The molecule has 4 rings (SSSR count). The predicted molar refractivity (Wildman–Crippen MR) is 94.5 cm³/mol. The Morgan fingerprint density at radius 1 is 1.12 bits per heavy atom. The van der Waals surface area contributed by atoms with Crippen LogP contribution < -0.4 is 10.7 Å². The van der Waals surface area contributed by atoms with E-state index in [4.69, 9.17) is 4.42 Å². The van der Waals surface area contributed by atoms with Gasteiger partial charge in [-0.2, -0.15) is 4.31 Å². The first-order chi connectivity index (χ1) is 12.5. The van der Waals surface area contributed by atoms with E-state index in [1.54, 1.807) is 25.6 Å². The van der Waals surface area contributed by atoms with Crippen molar-refractivity contribution in [2.75, 3.05) is 31.1 Å². The van der Waals surface area contributed by atoms with Gasteiger partial charge in [0, 0.05) is 45.6 Å². The van der Waals surface area contributed by atoms with Crippen LogP contribution in [0.3, 0.4) is 0 Å². The third-order valence-electron chi connectivity index (χ3n) is 4.51. The van der Waals surface area contributed by atoms with Gasteiger partial charge in [0.05, 0.1) is 16.6 Å². The van der Waals surface area contributed by atoms with Crippen LogP contribution in [-0.2, 0) is 17.1 Å². The molecule has 26 heavy (non-hydrogen) atoms. The second kappa shape index (κ2) is 6.22. The van der Waals surface area contributed by atoms with Crippen LogP contribution >= 0.6 is 0 Å². The maximum atomic E-state index is 13.0. The first-order valence-corrected chi connectivity index (χ1v) is 9.51. The third kappa shape index (κ3) is 2.76. The van der Waals surface area contributed by atoms with Gasteiger partial charge in [0.25, 0.3) is 0 Å². The van der Waals surface area contributed by atoms with E-state index in [0.29, 0.717) is 37.3 Å². The molecule has 136 valence electrons. The van der Waals surface area contributed by atoms with E-state index in [1.807, 2.05) is 4.90 Å². The van der Waals surface area contributed by atoms with Gasteiger partial charge in [-0.25, -0.2) is 18.2 Å². The number of sulfonamides is 1. The lowest BCUT2D eigenvalue weighted by molar-refractivity contribution is 0.383. The number of piperazine rings is 1. The molecule has 3 heterocycles. The number of rotatable bonds is 3. The minimum absolute atomic E-state index is 0.148. The molecule has 0 radical (unpaired) electrons. The highest BCUT2D eigenvalue weighted by Gasteiger charge is 2.29. The zero-order chi connectivity index (χ0) is 18.3. The molecule has 9 nitrogen and oxygen atoms in total. The van der Waals surface area contributed by atoms with Crippen molar-refractivity contribution in [3.8, 4) is 0 Å². The largest absolute Gasteiger partial charge is 0.419 e. The first kappa shape index (κ1) is 16.7. The van der Waals surface area contributed by atoms with Gasteiger partial charge in [-0.1, -0.05) is 0 Å². The maximum Gasteiger partial charge on any atom is 0.419 e. The van der Waals surface area contributed by atoms with E-state index in [-0.39, 0.29) is 4.90 Å². The summed E-state index contributed by atoms with van der Waals surface area (Å²) >= 11 is 0. The molecule has 0 aliphatic carbocycles. The van der Waals surface area contributed by atoms with Gasteiger partial charge in [0.1, 0.15) is 5.82 Å². The summed E-state index contributed by atoms with van der Waals surface area (Å²) < 4.78 is 33.7. The highest BCUT2D eigenvalue weighted by atomic mass is 32.2. The Morgan fingerprint density at radius 3 is 2.58 bits per heavy atom. The minimum atomic E-state index is -3.65. The number of anilines is 1. The highest BCUT2D eigenvalue weighted by Crippen LogP contribution is 2.23. The topological polar surface area (TPSA) is 102 Å². The quantitative estimate of drug-likeness (QED) is 0.654. The molecule has 0 N–H and O–H groups in total. The summed E-state index contributed by atoms with van der Waals surface area (Å²) in [5.74, 6) is 0.214. The second-order valence-electron chi connectivity index (χ2n) is 6.01. The number of hydrogen-bond donors (Lipinski definition) is 0. The highest BCUT2D eigenvalue weighted by molar-refractivity contribution is 7.89. The lowest BCUT2D eigenvalue weighted by Crippen LogP contribution is -2.48. The Balaban J connectivity index is 1.58. The van der Waals surface area contributed by atoms with Crippen LogP contribution in [-0.4, -0.2) is 53.4 Å². The summed E-state index contributed by atoms with van der Waals surface area (Å²) in [6, 6.07) is 4.46. The average Bonchev–Trinajstić information content (AvgIpc) is 2.96. The van der Waals surface area contributed by atoms with E-state index in [9.17, 15) is 13.2 Å². The van der Waals surface area contributed by atoms with Crippen molar-refractivity contribution in [1.29, 1.82) is 0 Å². The van der Waals surface area contributed by atoms with Crippen molar-refractivity contribution >= 4 is 26.9 Å². The SMILES string of the molecule is Cn1c(=O)oc2ccc(S(=O)(=O)N3CCN(c4cnccn4)CC3)cc21. The molecule has 1 saturated heterocycles. The van der Waals surface area contributed by atoms with Crippen LogP contribution in [0.2, 0.25) is 0 Å². The Morgan fingerprint density at radius 2 is 1.88 bits per heavy atom. The van der Waals surface area contributed by atoms with Crippen molar-refractivity contribution in [3.05, 3.63) is 47.3 Å². The van der Waals surface area contributed by atoms with Crippen LogP contribution in [0.4, 0.5) is 5.82 Å². The minimum Gasteiger partial charge on any atom is -0.408 e. The fraction of sp³-hybridized carbons (Fsp3) is 0.312. The van der Waals surface area contributed by atoms with Crippen molar-refractivity contribution in [2.24, 2.45) is 7.05 Å². The molecule has 1 fully saturated rings. The molecular formula is C16H17N5O4S. The molecule has 0 saturated carbocycles. The summed E-state index contributed by atoms with van der Waals surface area (Å²) in [5.41, 5.74) is 0.818. The van der Waals surface area contributed by atoms with E-state index in [2.05, 4.69) is 9.97 Å².